The molecule has 1 unspecified atom stereocenters. The normalized spacial score (nSPS) is 19.6. The molecule has 1 aromatic rings. The highest BCUT2D eigenvalue weighted by Crippen LogP contribution is 2.13. The molecular weight excluding hydrogens is 230 g/mol. The molecule has 4 heteroatoms. The van der Waals surface area contributed by atoms with Crippen molar-refractivity contribution in [3.05, 3.63) is 29.8 Å². The van der Waals surface area contributed by atoms with Crippen LogP contribution < -0.4 is 10.6 Å². The second-order valence-corrected chi connectivity index (χ2v) is 4.44. The van der Waals surface area contributed by atoms with Crippen molar-refractivity contribution in [1.29, 1.82) is 0 Å². The molecule has 1 heterocycles. The van der Waals surface area contributed by atoms with Crippen LogP contribution in [0.15, 0.2) is 29.3 Å². The van der Waals surface area contributed by atoms with Crippen LogP contribution in [-0.4, -0.2) is 17.9 Å². The standard InChI is InChI=1S/C13H17N3S/c17-10-16-12-5-3-4-11(8-12)9-15-13-6-1-2-7-14-13/h3-5,8,13-15H,1-2,6-7,9H2. The van der Waals surface area contributed by atoms with Gasteiger partial charge in [-0.2, -0.15) is 4.99 Å². The number of isothiocyanates is 1. The molecule has 3 nitrogen and oxygen atoms in total. The Kier molecular flexibility index (Phi) is 4.83. The average Bonchev–Trinajstić information content (AvgIpc) is 2.39. The summed E-state index contributed by atoms with van der Waals surface area (Å²) < 4.78 is 0. The number of hydrogen-bond acceptors (Lipinski definition) is 4. The van der Waals surface area contributed by atoms with Crippen LogP contribution in [0.1, 0.15) is 24.8 Å². The van der Waals surface area contributed by atoms with Crippen molar-refractivity contribution in [2.24, 2.45) is 4.99 Å². The summed E-state index contributed by atoms with van der Waals surface area (Å²) >= 11 is 4.60. The van der Waals surface area contributed by atoms with E-state index in [1.807, 2.05) is 18.2 Å². The summed E-state index contributed by atoms with van der Waals surface area (Å²) in [5.74, 6) is 0. The van der Waals surface area contributed by atoms with Crippen molar-refractivity contribution in [3.63, 3.8) is 0 Å². The molecule has 0 saturated carbocycles. The molecule has 1 saturated heterocycles. The quantitative estimate of drug-likeness (QED) is 0.634. The van der Waals surface area contributed by atoms with Crippen LogP contribution in [0.3, 0.4) is 0 Å². The van der Waals surface area contributed by atoms with Gasteiger partial charge >= 0.3 is 0 Å². The Morgan fingerprint density at radius 3 is 3.18 bits per heavy atom. The van der Waals surface area contributed by atoms with E-state index < -0.39 is 0 Å². The highest BCUT2D eigenvalue weighted by atomic mass is 32.1. The first kappa shape index (κ1) is 12.4. The molecule has 1 aromatic carbocycles. The van der Waals surface area contributed by atoms with E-state index in [0.717, 1.165) is 18.8 Å². The molecule has 0 bridgehead atoms. The molecule has 1 atom stereocenters. The third-order valence-electron chi connectivity index (χ3n) is 2.95. The van der Waals surface area contributed by atoms with Gasteiger partial charge in [-0.3, -0.25) is 5.32 Å². The number of piperidine rings is 1. The van der Waals surface area contributed by atoms with Crippen LogP contribution in [0.2, 0.25) is 0 Å². The van der Waals surface area contributed by atoms with Gasteiger partial charge in [0.2, 0.25) is 0 Å². The van der Waals surface area contributed by atoms with Gasteiger partial charge < -0.3 is 5.32 Å². The minimum atomic E-state index is 0.446. The molecule has 1 aliphatic rings. The Balaban J connectivity index is 1.89. The molecule has 0 amide bonds. The Labute approximate surface area is 107 Å². The minimum Gasteiger partial charge on any atom is -0.302 e. The van der Waals surface area contributed by atoms with Crippen molar-refractivity contribution in [2.45, 2.75) is 32.0 Å². The van der Waals surface area contributed by atoms with Crippen LogP contribution >= 0.6 is 12.2 Å². The lowest BCUT2D eigenvalue weighted by Gasteiger charge is -2.24. The second kappa shape index (κ2) is 6.62. The van der Waals surface area contributed by atoms with Crippen molar-refractivity contribution in [1.82, 2.24) is 10.6 Å². The van der Waals surface area contributed by atoms with Gasteiger partial charge in [0.15, 0.2) is 0 Å². The third kappa shape index (κ3) is 4.02. The summed E-state index contributed by atoms with van der Waals surface area (Å²) in [6.07, 6.45) is 4.25. The second-order valence-electron chi connectivity index (χ2n) is 4.26. The van der Waals surface area contributed by atoms with Crippen molar-refractivity contribution >= 4 is 23.1 Å². The topological polar surface area (TPSA) is 36.4 Å². The van der Waals surface area contributed by atoms with Gasteiger partial charge in [0.25, 0.3) is 0 Å². The number of aliphatic imine (C=N–C) groups is 1. The first-order valence-electron chi connectivity index (χ1n) is 6.02. The zero-order valence-corrected chi connectivity index (χ0v) is 10.6. The zero-order valence-electron chi connectivity index (χ0n) is 9.78. The van der Waals surface area contributed by atoms with E-state index >= 15 is 0 Å². The summed E-state index contributed by atoms with van der Waals surface area (Å²) in [5.41, 5.74) is 2.10. The fourth-order valence-electron chi connectivity index (χ4n) is 2.06. The number of thiocarbonyl (C=S) groups is 1. The van der Waals surface area contributed by atoms with E-state index in [1.54, 1.807) is 0 Å². The number of benzene rings is 1. The summed E-state index contributed by atoms with van der Waals surface area (Å²) in [7, 11) is 0. The van der Waals surface area contributed by atoms with E-state index in [0.29, 0.717) is 6.17 Å². The van der Waals surface area contributed by atoms with Gasteiger partial charge in [0.05, 0.1) is 17.0 Å². The Bertz CT molecular complexity index is 407. The number of hydrogen-bond donors (Lipinski definition) is 2. The van der Waals surface area contributed by atoms with Gasteiger partial charge in [-0.25, -0.2) is 0 Å². The Hall–Kier alpha value is -1.06. The lowest BCUT2D eigenvalue weighted by molar-refractivity contribution is 0.342. The Morgan fingerprint density at radius 2 is 2.41 bits per heavy atom. The fraction of sp³-hybridized carbons (Fsp3) is 0.462. The molecule has 1 aliphatic heterocycles. The van der Waals surface area contributed by atoms with E-state index in [-0.39, 0.29) is 0 Å². The first-order chi connectivity index (χ1) is 8.38. The number of rotatable bonds is 4. The average molecular weight is 247 g/mol. The smallest absolute Gasteiger partial charge is 0.0742 e. The van der Waals surface area contributed by atoms with Gasteiger partial charge in [-0.15, -0.1) is 0 Å². The molecule has 90 valence electrons. The summed E-state index contributed by atoms with van der Waals surface area (Å²) in [6, 6.07) is 8.06. The molecule has 2 rings (SSSR count). The van der Waals surface area contributed by atoms with E-state index in [1.165, 1.54) is 24.8 Å². The maximum absolute atomic E-state index is 4.60. The molecule has 0 radical (unpaired) electrons. The van der Waals surface area contributed by atoms with Gasteiger partial charge in [-0.05, 0) is 55.7 Å². The molecule has 1 fully saturated rings. The monoisotopic (exact) mass is 247 g/mol. The summed E-state index contributed by atoms with van der Waals surface area (Å²) in [5, 5.41) is 9.37. The van der Waals surface area contributed by atoms with E-state index in [2.05, 4.69) is 39.1 Å². The van der Waals surface area contributed by atoms with Crippen LogP contribution in [0.5, 0.6) is 0 Å². The molecule has 2 N–H and O–H groups in total. The fourth-order valence-corrected chi connectivity index (χ4v) is 2.16. The Morgan fingerprint density at radius 1 is 1.47 bits per heavy atom. The van der Waals surface area contributed by atoms with Gasteiger partial charge in [0, 0.05) is 6.54 Å². The molecule has 0 aromatic heterocycles. The van der Waals surface area contributed by atoms with Gasteiger partial charge in [-0.1, -0.05) is 12.1 Å². The van der Waals surface area contributed by atoms with Crippen LogP contribution in [0, 0.1) is 0 Å². The molecule has 17 heavy (non-hydrogen) atoms. The summed E-state index contributed by atoms with van der Waals surface area (Å²) in [4.78, 5) is 3.98. The summed E-state index contributed by atoms with van der Waals surface area (Å²) in [6.45, 7) is 1.98. The third-order valence-corrected chi connectivity index (χ3v) is 3.04. The van der Waals surface area contributed by atoms with Crippen molar-refractivity contribution < 1.29 is 0 Å². The van der Waals surface area contributed by atoms with Crippen molar-refractivity contribution in [2.75, 3.05) is 6.54 Å². The van der Waals surface area contributed by atoms with Crippen molar-refractivity contribution in [3.8, 4) is 0 Å². The predicted octanol–water partition coefficient (Wildman–Crippen LogP) is 2.61. The van der Waals surface area contributed by atoms with E-state index in [9.17, 15) is 0 Å². The lowest BCUT2D eigenvalue weighted by Crippen LogP contribution is -2.44. The molecule has 0 aliphatic carbocycles. The zero-order chi connectivity index (χ0) is 11.9. The van der Waals surface area contributed by atoms with Gasteiger partial charge in [0.1, 0.15) is 0 Å². The minimum absolute atomic E-state index is 0.446. The molecular formula is C13H17N3S. The highest BCUT2D eigenvalue weighted by molar-refractivity contribution is 7.78. The molecule has 0 spiro atoms. The first-order valence-corrected chi connectivity index (χ1v) is 6.43. The number of nitrogens with one attached hydrogen (secondary N) is 2. The van der Waals surface area contributed by atoms with Crippen LogP contribution in [0.25, 0.3) is 0 Å². The SMILES string of the molecule is S=C=Nc1cccc(CNC2CCCCN2)c1. The predicted molar refractivity (Wildman–Crippen MR) is 73.6 cm³/mol. The largest absolute Gasteiger partial charge is 0.302 e. The maximum Gasteiger partial charge on any atom is 0.0742 e. The van der Waals surface area contributed by atoms with Crippen LogP contribution in [-0.2, 0) is 6.54 Å². The highest BCUT2D eigenvalue weighted by Gasteiger charge is 2.10. The van der Waals surface area contributed by atoms with Crippen LogP contribution in [0.4, 0.5) is 5.69 Å². The maximum atomic E-state index is 4.60. The number of nitrogens with zero attached hydrogens (tertiary/aromatic N) is 1. The van der Waals surface area contributed by atoms with E-state index in [4.69, 9.17) is 0 Å². The lowest BCUT2D eigenvalue weighted by atomic mass is 10.1.